The smallest absolute Gasteiger partial charge is 0.125 e. The molecular formula is C12H19NO. The first kappa shape index (κ1) is 11.1. The van der Waals surface area contributed by atoms with Crippen LogP contribution in [0.15, 0.2) is 12.1 Å². The Balaban J connectivity index is 3.05. The predicted octanol–water partition coefficient (Wildman–Crippen LogP) is 2.55. The highest BCUT2D eigenvalue weighted by atomic mass is 16.5. The van der Waals surface area contributed by atoms with Gasteiger partial charge >= 0.3 is 0 Å². The Morgan fingerprint density at radius 3 is 2.07 bits per heavy atom. The summed E-state index contributed by atoms with van der Waals surface area (Å²) < 4.78 is 5.73. The maximum absolute atomic E-state index is 5.73. The van der Waals surface area contributed by atoms with Crippen LogP contribution >= 0.6 is 0 Å². The molecular weight excluding hydrogens is 174 g/mol. The lowest BCUT2D eigenvalue weighted by atomic mass is 10.1. The fourth-order valence-corrected chi connectivity index (χ4v) is 1.58. The molecule has 2 N–H and O–H groups in total. The van der Waals surface area contributed by atoms with E-state index in [9.17, 15) is 0 Å². The van der Waals surface area contributed by atoms with Crippen molar-refractivity contribution in [1.29, 1.82) is 0 Å². The molecule has 0 saturated heterocycles. The summed E-state index contributed by atoms with van der Waals surface area (Å²) in [6.07, 6.45) is 0.219. The molecule has 0 aromatic heterocycles. The summed E-state index contributed by atoms with van der Waals surface area (Å²) in [6.45, 7) is 8.78. The lowest BCUT2D eigenvalue weighted by Gasteiger charge is -2.16. The minimum Gasteiger partial charge on any atom is -0.490 e. The van der Waals surface area contributed by atoms with Gasteiger partial charge in [0.1, 0.15) is 5.75 Å². The quantitative estimate of drug-likeness (QED) is 0.800. The normalized spacial score (nSPS) is 10.7. The van der Waals surface area contributed by atoms with Gasteiger partial charge in [-0.2, -0.15) is 0 Å². The first-order valence-corrected chi connectivity index (χ1v) is 5.01. The van der Waals surface area contributed by atoms with Crippen LogP contribution in [0.4, 0.5) is 0 Å². The van der Waals surface area contributed by atoms with E-state index in [4.69, 9.17) is 10.5 Å². The maximum Gasteiger partial charge on any atom is 0.125 e. The number of benzene rings is 1. The molecule has 0 spiro atoms. The summed E-state index contributed by atoms with van der Waals surface area (Å²) in [7, 11) is 0. The first-order chi connectivity index (χ1) is 6.54. The molecule has 78 valence electrons. The van der Waals surface area contributed by atoms with Crippen molar-refractivity contribution in [3.63, 3.8) is 0 Å². The third-order valence-electron chi connectivity index (χ3n) is 2.11. The second-order valence-corrected chi connectivity index (χ2v) is 3.93. The van der Waals surface area contributed by atoms with Gasteiger partial charge in [0.2, 0.25) is 0 Å². The second-order valence-electron chi connectivity index (χ2n) is 3.93. The number of aryl methyl sites for hydroxylation is 2. The minimum absolute atomic E-state index is 0.219. The standard InChI is InChI=1S/C12H19NO/c1-8(2)14-12-9(3)5-11(7-13)6-10(12)4/h5-6,8H,7,13H2,1-4H3. The molecule has 0 amide bonds. The first-order valence-electron chi connectivity index (χ1n) is 5.01. The van der Waals surface area contributed by atoms with E-state index in [-0.39, 0.29) is 6.10 Å². The zero-order chi connectivity index (χ0) is 10.7. The third-order valence-corrected chi connectivity index (χ3v) is 2.11. The van der Waals surface area contributed by atoms with Crippen molar-refractivity contribution in [2.45, 2.75) is 40.3 Å². The van der Waals surface area contributed by atoms with Gasteiger partial charge in [-0.1, -0.05) is 12.1 Å². The van der Waals surface area contributed by atoms with Gasteiger partial charge in [-0.15, -0.1) is 0 Å². The van der Waals surface area contributed by atoms with Gasteiger partial charge in [-0.05, 0) is 44.4 Å². The fourth-order valence-electron chi connectivity index (χ4n) is 1.58. The third kappa shape index (κ3) is 2.48. The summed E-state index contributed by atoms with van der Waals surface area (Å²) in [5.41, 5.74) is 9.09. The van der Waals surface area contributed by atoms with Crippen LogP contribution in [0.25, 0.3) is 0 Å². The summed E-state index contributed by atoms with van der Waals surface area (Å²) in [6, 6.07) is 4.18. The van der Waals surface area contributed by atoms with E-state index in [0.29, 0.717) is 6.54 Å². The topological polar surface area (TPSA) is 35.2 Å². The Bertz CT molecular complexity index is 295. The second kappa shape index (κ2) is 4.47. The minimum atomic E-state index is 0.219. The van der Waals surface area contributed by atoms with Gasteiger partial charge in [-0.3, -0.25) is 0 Å². The highest BCUT2D eigenvalue weighted by Gasteiger charge is 2.07. The highest BCUT2D eigenvalue weighted by molar-refractivity contribution is 5.43. The van der Waals surface area contributed by atoms with E-state index in [1.54, 1.807) is 0 Å². The molecule has 0 unspecified atom stereocenters. The Morgan fingerprint density at radius 2 is 1.71 bits per heavy atom. The molecule has 0 heterocycles. The molecule has 0 saturated carbocycles. The van der Waals surface area contributed by atoms with Crippen molar-refractivity contribution in [3.05, 3.63) is 28.8 Å². The maximum atomic E-state index is 5.73. The van der Waals surface area contributed by atoms with Crippen molar-refractivity contribution in [1.82, 2.24) is 0 Å². The van der Waals surface area contributed by atoms with Crippen LogP contribution in [0, 0.1) is 13.8 Å². The molecule has 1 rings (SSSR count). The molecule has 0 bridgehead atoms. The molecule has 2 heteroatoms. The van der Waals surface area contributed by atoms with Gasteiger partial charge in [0.05, 0.1) is 6.10 Å². The monoisotopic (exact) mass is 193 g/mol. The largest absolute Gasteiger partial charge is 0.490 e. The zero-order valence-electron chi connectivity index (χ0n) is 9.42. The summed E-state index contributed by atoms with van der Waals surface area (Å²) in [5, 5.41) is 0. The van der Waals surface area contributed by atoms with E-state index >= 15 is 0 Å². The molecule has 0 aliphatic rings. The molecule has 0 aliphatic heterocycles. The number of nitrogens with two attached hydrogens (primary N) is 1. The van der Waals surface area contributed by atoms with Gasteiger partial charge in [0.15, 0.2) is 0 Å². The van der Waals surface area contributed by atoms with Crippen LogP contribution in [0.2, 0.25) is 0 Å². The van der Waals surface area contributed by atoms with E-state index < -0.39 is 0 Å². The Morgan fingerprint density at radius 1 is 1.21 bits per heavy atom. The summed E-state index contributed by atoms with van der Waals surface area (Å²) >= 11 is 0. The fraction of sp³-hybridized carbons (Fsp3) is 0.500. The van der Waals surface area contributed by atoms with Crippen LogP contribution in [0.3, 0.4) is 0 Å². The van der Waals surface area contributed by atoms with E-state index in [2.05, 4.69) is 26.0 Å². The van der Waals surface area contributed by atoms with Crippen LogP contribution in [-0.2, 0) is 6.54 Å². The zero-order valence-corrected chi connectivity index (χ0v) is 9.42. The van der Waals surface area contributed by atoms with E-state index in [1.807, 2.05) is 13.8 Å². The van der Waals surface area contributed by atoms with E-state index in [0.717, 1.165) is 11.3 Å². The lowest BCUT2D eigenvalue weighted by Crippen LogP contribution is -2.09. The molecule has 1 aromatic rings. The lowest BCUT2D eigenvalue weighted by molar-refractivity contribution is 0.239. The number of ether oxygens (including phenoxy) is 1. The molecule has 2 nitrogen and oxygen atoms in total. The Kier molecular flexibility index (Phi) is 3.53. The van der Waals surface area contributed by atoms with Crippen molar-refractivity contribution < 1.29 is 4.74 Å². The molecule has 0 aliphatic carbocycles. The molecule has 0 atom stereocenters. The number of rotatable bonds is 3. The van der Waals surface area contributed by atoms with Crippen molar-refractivity contribution in [2.24, 2.45) is 5.73 Å². The van der Waals surface area contributed by atoms with Crippen molar-refractivity contribution in [3.8, 4) is 5.75 Å². The number of hydrogen-bond acceptors (Lipinski definition) is 2. The van der Waals surface area contributed by atoms with Gasteiger partial charge in [-0.25, -0.2) is 0 Å². The van der Waals surface area contributed by atoms with Crippen LogP contribution in [0.5, 0.6) is 5.75 Å². The SMILES string of the molecule is Cc1cc(CN)cc(C)c1OC(C)C. The molecule has 0 fully saturated rings. The summed E-state index contributed by atoms with van der Waals surface area (Å²) in [4.78, 5) is 0. The highest BCUT2D eigenvalue weighted by Crippen LogP contribution is 2.25. The Hall–Kier alpha value is -1.02. The van der Waals surface area contributed by atoms with Gasteiger partial charge in [0.25, 0.3) is 0 Å². The van der Waals surface area contributed by atoms with Gasteiger partial charge in [0, 0.05) is 6.54 Å². The van der Waals surface area contributed by atoms with Crippen LogP contribution in [-0.4, -0.2) is 6.10 Å². The summed E-state index contributed by atoms with van der Waals surface area (Å²) in [5.74, 6) is 0.997. The molecule has 14 heavy (non-hydrogen) atoms. The van der Waals surface area contributed by atoms with E-state index in [1.165, 1.54) is 11.1 Å². The predicted molar refractivity (Wildman–Crippen MR) is 59.6 cm³/mol. The van der Waals surface area contributed by atoms with Crippen molar-refractivity contribution >= 4 is 0 Å². The van der Waals surface area contributed by atoms with Crippen molar-refractivity contribution in [2.75, 3.05) is 0 Å². The van der Waals surface area contributed by atoms with Gasteiger partial charge < -0.3 is 10.5 Å². The molecule has 1 aromatic carbocycles. The molecule has 0 radical (unpaired) electrons. The average molecular weight is 193 g/mol. The Labute approximate surface area is 86.1 Å². The van der Waals surface area contributed by atoms with Crippen LogP contribution < -0.4 is 10.5 Å². The van der Waals surface area contributed by atoms with Crippen LogP contribution in [0.1, 0.15) is 30.5 Å². The average Bonchev–Trinajstić information content (AvgIpc) is 2.10. The number of hydrogen-bond donors (Lipinski definition) is 1.